The molecule has 1 N–H and O–H groups in total. The first-order chi connectivity index (χ1) is 11.5. The molecule has 1 heterocycles. The molecule has 2 aromatic rings. The maximum absolute atomic E-state index is 13.1. The Kier molecular flexibility index (Phi) is 5.27. The van der Waals surface area contributed by atoms with Gasteiger partial charge >= 0.3 is 6.18 Å². The van der Waals surface area contributed by atoms with E-state index in [1.165, 1.54) is 12.1 Å². The number of hydrogen-bond acceptors (Lipinski definition) is 2. The molecule has 1 aliphatic heterocycles. The molecule has 1 unspecified atom stereocenters. The summed E-state index contributed by atoms with van der Waals surface area (Å²) < 4.78 is 40.3. The topological polar surface area (TPSA) is 15.3 Å². The lowest BCUT2D eigenvalue weighted by molar-refractivity contribution is -0.137. The number of hydrogen-bond donors (Lipinski definition) is 1. The van der Waals surface area contributed by atoms with Crippen LogP contribution in [0.3, 0.4) is 0 Å². The largest absolute Gasteiger partial charge is 0.416 e. The molecule has 0 amide bonds. The molecule has 1 aliphatic rings. The first kappa shape index (κ1) is 17.5. The quantitative estimate of drug-likeness (QED) is 0.820. The second kappa shape index (κ2) is 7.25. The molecule has 24 heavy (non-hydrogen) atoms. The summed E-state index contributed by atoms with van der Waals surface area (Å²) in [6, 6.07) is 13.2. The van der Waals surface area contributed by atoms with E-state index in [1.54, 1.807) is 6.07 Å². The maximum atomic E-state index is 13.1. The zero-order valence-corrected chi connectivity index (χ0v) is 14.6. The van der Waals surface area contributed by atoms with Crippen molar-refractivity contribution in [3.05, 3.63) is 69.7 Å². The Morgan fingerprint density at radius 1 is 1.00 bits per heavy atom. The highest BCUT2D eigenvalue weighted by molar-refractivity contribution is 9.10. The van der Waals surface area contributed by atoms with Gasteiger partial charge in [0.25, 0.3) is 0 Å². The minimum atomic E-state index is -4.34. The molecule has 1 fully saturated rings. The molecule has 1 saturated heterocycles. The number of nitrogens with one attached hydrogen (secondary N) is 1. The molecule has 6 heteroatoms. The van der Waals surface area contributed by atoms with E-state index in [0.29, 0.717) is 5.56 Å². The van der Waals surface area contributed by atoms with Gasteiger partial charge in [-0.1, -0.05) is 46.3 Å². The molecule has 1 atom stereocenters. The number of piperazine rings is 1. The standard InChI is InChI=1S/C18H18BrF3N2/c19-16-7-2-1-6-15(16)17(24-10-8-23-9-11-24)13-4-3-5-14(12-13)18(20,21)22/h1-7,12,17,23H,8-11H2. The fourth-order valence-electron chi connectivity index (χ4n) is 3.11. The van der Waals surface area contributed by atoms with Crippen LogP contribution in [-0.2, 0) is 6.18 Å². The van der Waals surface area contributed by atoms with E-state index in [-0.39, 0.29) is 6.04 Å². The smallest absolute Gasteiger partial charge is 0.314 e. The van der Waals surface area contributed by atoms with Crippen molar-refractivity contribution in [2.45, 2.75) is 12.2 Å². The molecule has 0 aliphatic carbocycles. The number of alkyl halides is 3. The van der Waals surface area contributed by atoms with Crippen LogP contribution in [0.4, 0.5) is 13.2 Å². The Hall–Kier alpha value is -1.37. The molecule has 0 spiro atoms. The molecule has 2 nitrogen and oxygen atoms in total. The van der Waals surface area contributed by atoms with Crippen LogP contribution in [-0.4, -0.2) is 31.1 Å². The van der Waals surface area contributed by atoms with E-state index in [0.717, 1.165) is 42.3 Å². The first-order valence-corrected chi connectivity index (χ1v) is 8.62. The van der Waals surface area contributed by atoms with Crippen molar-refractivity contribution < 1.29 is 13.2 Å². The van der Waals surface area contributed by atoms with Gasteiger partial charge in [0.1, 0.15) is 0 Å². The van der Waals surface area contributed by atoms with Crippen molar-refractivity contribution in [3.63, 3.8) is 0 Å². The summed E-state index contributed by atoms with van der Waals surface area (Å²) in [7, 11) is 0. The average Bonchev–Trinajstić information content (AvgIpc) is 2.57. The summed E-state index contributed by atoms with van der Waals surface area (Å²) in [4.78, 5) is 2.23. The van der Waals surface area contributed by atoms with Crippen LogP contribution in [0, 0.1) is 0 Å². The molecular weight excluding hydrogens is 381 g/mol. The highest BCUT2D eigenvalue weighted by atomic mass is 79.9. The van der Waals surface area contributed by atoms with Gasteiger partial charge in [-0.05, 0) is 29.3 Å². The van der Waals surface area contributed by atoms with Crippen LogP contribution < -0.4 is 5.32 Å². The summed E-state index contributed by atoms with van der Waals surface area (Å²) in [6.07, 6.45) is -4.34. The van der Waals surface area contributed by atoms with Crippen LogP contribution in [0.2, 0.25) is 0 Å². The Morgan fingerprint density at radius 2 is 1.71 bits per heavy atom. The van der Waals surface area contributed by atoms with Crippen molar-refractivity contribution in [1.29, 1.82) is 0 Å². The Labute approximate surface area is 147 Å². The number of rotatable bonds is 3. The molecule has 128 valence electrons. The van der Waals surface area contributed by atoms with E-state index >= 15 is 0 Å². The molecule has 0 radical (unpaired) electrons. The van der Waals surface area contributed by atoms with Crippen molar-refractivity contribution in [3.8, 4) is 0 Å². The number of benzene rings is 2. The van der Waals surface area contributed by atoms with E-state index in [1.807, 2.05) is 24.3 Å². The minimum Gasteiger partial charge on any atom is -0.314 e. The van der Waals surface area contributed by atoms with Gasteiger partial charge in [0.05, 0.1) is 11.6 Å². The SMILES string of the molecule is FC(F)(F)c1cccc(C(c2ccccc2Br)N2CCNCC2)c1. The summed E-state index contributed by atoms with van der Waals surface area (Å²) >= 11 is 3.55. The summed E-state index contributed by atoms with van der Waals surface area (Å²) in [5, 5.41) is 3.29. The van der Waals surface area contributed by atoms with Crippen LogP contribution >= 0.6 is 15.9 Å². The van der Waals surface area contributed by atoms with Crippen LogP contribution in [0.1, 0.15) is 22.7 Å². The normalized spacial score (nSPS) is 17.7. The minimum absolute atomic E-state index is 0.204. The highest BCUT2D eigenvalue weighted by Crippen LogP contribution is 2.36. The van der Waals surface area contributed by atoms with Crippen LogP contribution in [0.15, 0.2) is 53.0 Å². The average molecular weight is 399 g/mol. The van der Waals surface area contributed by atoms with E-state index in [2.05, 4.69) is 26.1 Å². The lowest BCUT2D eigenvalue weighted by atomic mass is 9.95. The molecular formula is C18H18BrF3N2. The number of nitrogens with zero attached hydrogens (tertiary/aromatic N) is 1. The second-order valence-corrected chi connectivity index (χ2v) is 6.69. The zero-order chi connectivity index (χ0) is 17.2. The Balaban J connectivity index is 2.06. The molecule has 2 aromatic carbocycles. The predicted molar refractivity (Wildman–Crippen MR) is 91.9 cm³/mol. The fourth-order valence-corrected chi connectivity index (χ4v) is 3.61. The van der Waals surface area contributed by atoms with Gasteiger partial charge in [-0.15, -0.1) is 0 Å². The van der Waals surface area contributed by atoms with Crippen molar-refractivity contribution in [1.82, 2.24) is 10.2 Å². The molecule has 0 aromatic heterocycles. The number of halogens is 4. The van der Waals surface area contributed by atoms with E-state index in [4.69, 9.17) is 0 Å². The van der Waals surface area contributed by atoms with E-state index < -0.39 is 11.7 Å². The lowest BCUT2D eigenvalue weighted by Crippen LogP contribution is -2.45. The molecule has 0 saturated carbocycles. The summed E-state index contributed by atoms with van der Waals surface area (Å²) in [6.45, 7) is 3.25. The van der Waals surface area contributed by atoms with Crippen LogP contribution in [0.25, 0.3) is 0 Å². The Bertz CT molecular complexity index is 697. The zero-order valence-electron chi connectivity index (χ0n) is 13.0. The second-order valence-electron chi connectivity index (χ2n) is 5.83. The maximum Gasteiger partial charge on any atom is 0.416 e. The molecule has 0 bridgehead atoms. The third-order valence-electron chi connectivity index (χ3n) is 4.25. The molecule has 3 rings (SSSR count). The van der Waals surface area contributed by atoms with E-state index in [9.17, 15) is 13.2 Å². The van der Waals surface area contributed by atoms with Crippen LogP contribution in [0.5, 0.6) is 0 Å². The van der Waals surface area contributed by atoms with Gasteiger partial charge in [0.15, 0.2) is 0 Å². The summed E-state index contributed by atoms with van der Waals surface area (Å²) in [5.74, 6) is 0. The monoisotopic (exact) mass is 398 g/mol. The first-order valence-electron chi connectivity index (χ1n) is 7.83. The van der Waals surface area contributed by atoms with Gasteiger partial charge in [0, 0.05) is 30.7 Å². The van der Waals surface area contributed by atoms with Gasteiger partial charge in [0.2, 0.25) is 0 Å². The van der Waals surface area contributed by atoms with Gasteiger partial charge < -0.3 is 5.32 Å². The summed E-state index contributed by atoms with van der Waals surface area (Å²) in [5.41, 5.74) is 1.05. The third kappa shape index (κ3) is 3.82. The van der Waals surface area contributed by atoms with Gasteiger partial charge in [-0.3, -0.25) is 4.90 Å². The van der Waals surface area contributed by atoms with Crippen molar-refractivity contribution in [2.24, 2.45) is 0 Å². The predicted octanol–water partition coefficient (Wildman–Crippen LogP) is 4.46. The third-order valence-corrected chi connectivity index (χ3v) is 4.97. The fraction of sp³-hybridized carbons (Fsp3) is 0.333. The van der Waals surface area contributed by atoms with Crippen molar-refractivity contribution >= 4 is 15.9 Å². The van der Waals surface area contributed by atoms with Gasteiger partial charge in [-0.2, -0.15) is 13.2 Å². The van der Waals surface area contributed by atoms with Gasteiger partial charge in [-0.25, -0.2) is 0 Å². The Morgan fingerprint density at radius 3 is 2.38 bits per heavy atom. The lowest BCUT2D eigenvalue weighted by Gasteiger charge is -2.36. The highest BCUT2D eigenvalue weighted by Gasteiger charge is 2.32. The van der Waals surface area contributed by atoms with Crippen molar-refractivity contribution in [2.75, 3.05) is 26.2 Å².